The van der Waals surface area contributed by atoms with Crippen molar-refractivity contribution in [1.82, 2.24) is 19.5 Å². The van der Waals surface area contributed by atoms with E-state index >= 15 is 0 Å². The number of benzene rings is 8. The van der Waals surface area contributed by atoms with E-state index in [0.717, 1.165) is 66.2 Å². The molecular weight excluding hydrogens is 717 g/mol. The molecule has 5 nitrogen and oxygen atoms in total. The smallest absolute Gasteiger partial charge is 0.164 e. The number of nitrogens with zero attached hydrogens (tertiary/aromatic N) is 4. The lowest BCUT2D eigenvalue weighted by Crippen LogP contribution is -2.00. The summed E-state index contributed by atoms with van der Waals surface area (Å²) in [5.41, 5.74) is 10.3. The molecule has 0 aliphatic heterocycles. The molecule has 0 atom stereocenters. The van der Waals surface area contributed by atoms with Crippen LogP contribution >= 0.6 is 11.3 Å². The van der Waals surface area contributed by atoms with Gasteiger partial charge in [-0.25, -0.2) is 15.0 Å². The van der Waals surface area contributed by atoms with Crippen molar-refractivity contribution in [2.75, 3.05) is 0 Å². The molecule has 0 radical (unpaired) electrons. The van der Waals surface area contributed by atoms with Gasteiger partial charge in [-0.3, -0.25) is 0 Å². The third-order valence-electron chi connectivity index (χ3n) is 11.0. The van der Waals surface area contributed by atoms with E-state index in [-0.39, 0.29) is 0 Å². The molecular formula is C51H30N4OS. The predicted molar refractivity (Wildman–Crippen MR) is 236 cm³/mol. The number of rotatable bonds is 5. The third kappa shape index (κ3) is 5.04. The summed E-state index contributed by atoms with van der Waals surface area (Å²) in [4.78, 5) is 15.1. The minimum atomic E-state index is 0.625. The lowest BCUT2D eigenvalue weighted by atomic mass is 9.99. The molecule has 0 saturated carbocycles. The lowest BCUT2D eigenvalue weighted by Gasteiger charge is -2.13. The maximum absolute atomic E-state index is 6.70. The van der Waals surface area contributed by atoms with Gasteiger partial charge in [0.25, 0.3) is 0 Å². The normalized spacial score (nSPS) is 11.9. The van der Waals surface area contributed by atoms with Gasteiger partial charge in [-0.1, -0.05) is 133 Å². The van der Waals surface area contributed by atoms with E-state index in [9.17, 15) is 0 Å². The van der Waals surface area contributed by atoms with Crippen LogP contribution in [0.5, 0.6) is 0 Å². The second-order valence-electron chi connectivity index (χ2n) is 14.4. The van der Waals surface area contributed by atoms with Crippen molar-refractivity contribution in [2.45, 2.75) is 0 Å². The zero-order chi connectivity index (χ0) is 37.5. The molecule has 6 heteroatoms. The Kier molecular flexibility index (Phi) is 7.03. The zero-order valence-corrected chi connectivity index (χ0v) is 31.2. The maximum atomic E-state index is 6.70. The van der Waals surface area contributed by atoms with E-state index in [1.807, 2.05) is 78.1 Å². The molecule has 0 saturated heterocycles. The van der Waals surface area contributed by atoms with Crippen LogP contribution in [0.1, 0.15) is 0 Å². The summed E-state index contributed by atoms with van der Waals surface area (Å²) in [6.45, 7) is 0. The van der Waals surface area contributed by atoms with E-state index in [1.165, 1.54) is 31.2 Å². The minimum absolute atomic E-state index is 0.625. The monoisotopic (exact) mass is 746 g/mol. The van der Waals surface area contributed by atoms with Crippen molar-refractivity contribution in [3.8, 4) is 51.0 Å². The van der Waals surface area contributed by atoms with Gasteiger partial charge in [-0.05, 0) is 54.1 Å². The summed E-state index contributed by atoms with van der Waals surface area (Å²) in [7, 11) is 0. The third-order valence-corrected chi connectivity index (χ3v) is 12.2. The summed E-state index contributed by atoms with van der Waals surface area (Å²) in [5, 5.41) is 7.01. The molecule has 4 aromatic heterocycles. The van der Waals surface area contributed by atoms with E-state index in [0.29, 0.717) is 17.5 Å². The first-order chi connectivity index (χ1) is 28.2. The summed E-state index contributed by atoms with van der Waals surface area (Å²) >= 11 is 1.81. The molecule has 266 valence electrons. The molecule has 0 bridgehead atoms. The summed E-state index contributed by atoms with van der Waals surface area (Å²) in [5.74, 6) is 1.90. The lowest BCUT2D eigenvalue weighted by molar-refractivity contribution is 0.673. The molecule has 0 unspecified atom stereocenters. The molecule has 0 aliphatic rings. The van der Waals surface area contributed by atoms with Crippen LogP contribution in [0.25, 0.3) is 115 Å². The van der Waals surface area contributed by atoms with Crippen LogP contribution in [0.4, 0.5) is 0 Å². The van der Waals surface area contributed by atoms with Crippen molar-refractivity contribution in [1.29, 1.82) is 0 Å². The second kappa shape index (κ2) is 12.6. The Balaban J connectivity index is 1.14. The Morgan fingerprint density at radius 2 is 0.982 bits per heavy atom. The van der Waals surface area contributed by atoms with Crippen molar-refractivity contribution in [3.05, 3.63) is 182 Å². The standard InChI is InChI=1S/C51H30N4OS/c1-3-14-31(15-4-1)49-52-50(32-16-5-2-6-17-32)54-51(53-49)34-19-13-18-33(28-34)40-29-35(55-42-23-10-7-20-36(42)37-21-8-11-24-43(37)55)30-41-46-45(57-48(40)41)27-26-39-38-22-9-12-25-44(38)56-47(39)46/h1-30H. The van der Waals surface area contributed by atoms with Gasteiger partial charge < -0.3 is 8.98 Å². The molecule has 8 aromatic carbocycles. The Hall–Kier alpha value is -7.41. The number of thiophene rings is 1. The fraction of sp³-hybridized carbons (Fsp3) is 0. The number of hydrogen-bond donors (Lipinski definition) is 0. The van der Waals surface area contributed by atoms with Crippen LogP contribution in [0.3, 0.4) is 0 Å². The van der Waals surface area contributed by atoms with Crippen LogP contribution in [-0.2, 0) is 0 Å². The van der Waals surface area contributed by atoms with Crippen molar-refractivity contribution >= 4 is 75.3 Å². The van der Waals surface area contributed by atoms with Gasteiger partial charge in [0, 0.05) is 69.7 Å². The van der Waals surface area contributed by atoms with Gasteiger partial charge in [-0.15, -0.1) is 11.3 Å². The summed E-state index contributed by atoms with van der Waals surface area (Å²) in [6.07, 6.45) is 0. The van der Waals surface area contributed by atoms with E-state index < -0.39 is 0 Å². The van der Waals surface area contributed by atoms with Crippen LogP contribution in [0.15, 0.2) is 186 Å². The Labute approximate surface area is 330 Å². The highest BCUT2D eigenvalue weighted by Gasteiger charge is 2.21. The van der Waals surface area contributed by atoms with Gasteiger partial charge in [0.05, 0.1) is 11.0 Å². The van der Waals surface area contributed by atoms with Crippen LogP contribution in [-0.4, -0.2) is 19.5 Å². The number of aromatic nitrogens is 4. The number of hydrogen-bond acceptors (Lipinski definition) is 5. The molecule has 4 heterocycles. The van der Waals surface area contributed by atoms with Gasteiger partial charge in [-0.2, -0.15) is 0 Å². The Morgan fingerprint density at radius 1 is 0.421 bits per heavy atom. The molecule has 0 fully saturated rings. The van der Waals surface area contributed by atoms with Crippen LogP contribution < -0.4 is 0 Å². The SMILES string of the molecule is c1ccc(-c2nc(-c3ccccc3)nc(-c3cccc(-c4cc(-n5c6ccccc6c6ccccc65)cc5c4sc4ccc6c7ccccc7oc6c45)c3)n2)cc1. The zero-order valence-electron chi connectivity index (χ0n) is 30.4. The fourth-order valence-corrected chi connectivity index (χ4v) is 9.66. The van der Waals surface area contributed by atoms with Crippen molar-refractivity contribution in [2.24, 2.45) is 0 Å². The van der Waals surface area contributed by atoms with Crippen LogP contribution in [0.2, 0.25) is 0 Å². The molecule has 57 heavy (non-hydrogen) atoms. The first kappa shape index (κ1) is 31.9. The van der Waals surface area contributed by atoms with Gasteiger partial charge in [0.2, 0.25) is 0 Å². The highest BCUT2D eigenvalue weighted by Crippen LogP contribution is 2.47. The molecule has 0 aliphatic carbocycles. The Morgan fingerprint density at radius 3 is 1.67 bits per heavy atom. The number of furan rings is 1. The minimum Gasteiger partial charge on any atom is -0.455 e. The van der Waals surface area contributed by atoms with Gasteiger partial charge >= 0.3 is 0 Å². The largest absolute Gasteiger partial charge is 0.455 e. The maximum Gasteiger partial charge on any atom is 0.164 e. The quantitative estimate of drug-likeness (QED) is 0.176. The average Bonchev–Trinajstić information content (AvgIpc) is 3.96. The first-order valence-electron chi connectivity index (χ1n) is 19.0. The van der Waals surface area contributed by atoms with Crippen LogP contribution in [0, 0.1) is 0 Å². The highest BCUT2D eigenvalue weighted by atomic mass is 32.1. The first-order valence-corrected chi connectivity index (χ1v) is 19.8. The fourth-order valence-electron chi connectivity index (χ4n) is 8.44. The number of fused-ring (bicyclic) bond motifs is 10. The van der Waals surface area contributed by atoms with Crippen molar-refractivity contribution in [3.63, 3.8) is 0 Å². The number of para-hydroxylation sites is 3. The molecule has 0 amide bonds. The van der Waals surface area contributed by atoms with E-state index in [4.69, 9.17) is 19.4 Å². The second-order valence-corrected chi connectivity index (χ2v) is 15.4. The summed E-state index contributed by atoms with van der Waals surface area (Å²) in [6, 6.07) is 63.8. The van der Waals surface area contributed by atoms with E-state index in [2.05, 4.69) is 120 Å². The van der Waals surface area contributed by atoms with Gasteiger partial charge in [0.1, 0.15) is 11.2 Å². The van der Waals surface area contributed by atoms with Crippen molar-refractivity contribution < 1.29 is 4.42 Å². The molecule has 12 aromatic rings. The molecule has 0 N–H and O–H groups in total. The van der Waals surface area contributed by atoms with E-state index in [1.54, 1.807) is 0 Å². The Bertz CT molecular complexity index is 3420. The molecule has 0 spiro atoms. The van der Waals surface area contributed by atoms with Gasteiger partial charge in [0.15, 0.2) is 17.5 Å². The summed E-state index contributed by atoms with van der Waals surface area (Å²) < 4.78 is 11.5. The average molecular weight is 747 g/mol. The topological polar surface area (TPSA) is 56.7 Å². The molecule has 12 rings (SSSR count). The highest BCUT2D eigenvalue weighted by molar-refractivity contribution is 7.26. The predicted octanol–water partition coefficient (Wildman–Crippen LogP) is 13.9.